The van der Waals surface area contributed by atoms with Crippen molar-refractivity contribution in [1.29, 1.82) is 0 Å². The van der Waals surface area contributed by atoms with Crippen LogP contribution in [0.4, 0.5) is 5.69 Å². The molecule has 1 fully saturated rings. The van der Waals surface area contributed by atoms with E-state index in [1.165, 1.54) is 14.0 Å². The number of amides is 1. The lowest BCUT2D eigenvalue weighted by atomic mass is 10.2. The van der Waals surface area contributed by atoms with Gasteiger partial charge in [-0.05, 0) is 44.4 Å². The van der Waals surface area contributed by atoms with Gasteiger partial charge in [0.25, 0.3) is 5.91 Å². The molecule has 1 aliphatic heterocycles. The molecule has 6 nitrogen and oxygen atoms in total. The van der Waals surface area contributed by atoms with Crippen LogP contribution in [-0.2, 0) is 19.1 Å². The number of carbonyl (C=O) groups excluding carboxylic acids is 2. The Balaban J connectivity index is 1.96. The highest BCUT2D eigenvalue weighted by Crippen LogP contribution is 2.25. The zero-order valence-corrected chi connectivity index (χ0v) is 13.0. The predicted molar refractivity (Wildman–Crippen MR) is 80.9 cm³/mol. The van der Waals surface area contributed by atoms with E-state index in [9.17, 15) is 9.59 Å². The molecule has 0 aromatic heterocycles. The molecular weight excluding hydrogens is 286 g/mol. The number of esters is 1. The number of carbonyl (C=O) groups is 2. The maximum Gasteiger partial charge on any atom is 0.336 e. The van der Waals surface area contributed by atoms with Crippen LogP contribution in [-0.4, -0.2) is 37.8 Å². The van der Waals surface area contributed by atoms with E-state index in [1.54, 1.807) is 12.1 Å². The summed E-state index contributed by atoms with van der Waals surface area (Å²) in [5.41, 5.74) is 1.53. The zero-order chi connectivity index (χ0) is 16.1. The average molecular weight is 307 g/mol. The minimum Gasteiger partial charge on any atom is -0.495 e. The molecule has 1 aliphatic rings. The van der Waals surface area contributed by atoms with Gasteiger partial charge in [-0.3, -0.25) is 4.79 Å². The molecule has 1 N–H and O–H groups in total. The first-order valence-electron chi connectivity index (χ1n) is 7.29. The summed E-state index contributed by atoms with van der Waals surface area (Å²) in [6.45, 7) is 4.00. The van der Waals surface area contributed by atoms with Crippen molar-refractivity contribution >= 4 is 17.6 Å². The third-order valence-corrected chi connectivity index (χ3v) is 3.47. The molecule has 2 rings (SSSR count). The molecule has 0 saturated carbocycles. The Labute approximate surface area is 129 Å². The molecule has 1 aromatic carbocycles. The molecule has 0 spiro atoms. The van der Waals surface area contributed by atoms with E-state index >= 15 is 0 Å². The maximum absolute atomic E-state index is 12.2. The highest BCUT2D eigenvalue weighted by atomic mass is 16.6. The highest BCUT2D eigenvalue weighted by molar-refractivity contribution is 5.96. The van der Waals surface area contributed by atoms with Gasteiger partial charge < -0.3 is 19.5 Å². The molecule has 22 heavy (non-hydrogen) atoms. The molecule has 0 aliphatic carbocycles. The Morgan fingerprint density at radius 3 is 2.82 bits per heavy atom. The quantitative estimate of drug-likeness (QED) is 0.843. The maximum atomic E-state index is 12.2. The number of ether oxygens (including phenoxy) is 3. The molecule has 1 saturated heterocycles. The van der Waals surface area contributed by atoms with Crippen molar-refractivity contribution in [3.05, 3.63) is 23.8 Å². The van der Waals surface area contributed by atoms with Gasteiger partial charge >= 0.3 is 5.97 Å². The van der Waals surface area contributed by atoms with Crippen molar-refractivity contribution in [2.75, 3.05) is 19.0 Å². The first-order valence-corrected chi connectivity index (χ1v) is 7.29. The lowest BCUT2D eigenvalue weighted by molar-refractivity contribution is -0.162. The van der Waals surface area contributed by atoms with E-state index in [-0.39, 0.29) is 0 Å². The van der Waals surface area contributed by atoms with Crippen LogP contribution in [0.2, 0.25) is 0 Å². The highest BCUT2D eigenvalue weighted by Gasteiger charge is 2.28. The standard InChI is InChI=1S/C16H21NO5/c1-10-6-7-13(20-3)12(9-10)17-15(18)11(2)22-16(19)14-5-4-8-21-14/h6-7,9,11,14H,4-5,8H2,1-3H3,(H,17,18)/t11-,14+/m0/s1. The summed E-state index contributed by atoms with van der Waals surface area (Å²) in [4.78, 5) is 24.0. The third-order valence-electron chi connectivity index (χ3n) is 3.47. The van der Waals surface area contributed by atoms with E-state index < -0.39 is 24.1 Å². The predicted octanol–water partition coefficient (Wildman–Crippen LogP) is 2.05. The zero-order valence-electron chi connectivity index (χ0n) is 13.0. The number of aryl methyl sites for hydroxylation is 1. The van der Waals surface area contributed by atoms with Crippen molar-refractivity contribution in [2.45, 2.75) is 38.9 Å². The van der Waals surface area contributed by atoms with Gasteiger partial charge in [-0.2, -0.15) is 0 Å². The summed E-state index contributed by atoms with van der Waals surface area (Å²) in [6.07, 6.45) is 0.0189. The smallest absolute Gasteiger partial charge is 0.336 e. The van der Waals surface area contributed by atoms with Crippen molar-refractivity contribution in [2.24, 2.45) is 0 Å². The average Bonchev–Trinajstić information content (AvgIpc) is 3.01. The summed E-state index contributed by atoms with van der Waals surface area (Å²) in [5, 5.41) is 2.72. The van der Waals surface area contributed by atoms with E-state index in [0.29, 0.717) is 24.5 Å². The van der Waals surface area contributed by atoms with Crippen molar-refractivity contribution in [3.8, 4) is 5.75 Å². The fourth-order valence-electron chi connectivity index (χ4n) is 2.22. The monoisotopic (exact) mass is 307 g/mol. The van der Waals surface area contributed by atoms with Crippen molar-refractivity contribution < 1.29 is 23.8 Å². The Morgan fingerprint density at radius 1 is 1.41 bits per heavy atom. The number of nitrogens with one attached hydrogen (secondary N) is 1. The van der Waals surface area contributed by atoms with Gasteiger partial charge in [0.1, 0.15) is 5.75 Å². The van der Waals surface area contributed by atoms with Gasteiger partial charge in [-0.1, -0.05) is 6.07 Å². The van der Waals surface area contributed by atoms with Gasteiger partial charge in [-0.25, -0.2) is 4.79 Å². The Kier molecular flexibility index (Phi) is 5.38. The largest absolute Gasteiger partial charge is 0.495 e. The fraction of sp³-hybridized carbons (Fsp3) is 0.500. The molecule has 1 heterocycles. The normalized spacial score (nSPS) is 18.6. The summed E-state index contributed by atoms with van der Waals surface area (Å²) < 4.78 is 15.6. The van der Waals surface area contributed by atoms with Crippen LogP contribution in [0.1, 0.15) is 25.3 Å². The summed E-state index contributed by atoms with van der Waals surface area (Å²) in [6, 6.07) is 5.45. The second kappa shape index (κ2) is 7.26. The van der Waals surface area contributed by atoms with E-state index in [2.05, 4.69) is 5.32 Å². The number of anilines is 1. The molecule has 120 valence electrons. The topological polar surface area (TPSA) is 73.9 Å². The number of benzene rings is 1. The van der Waals surface area contributed by atoms with Crippen LogP contribution in [0, 0.1) is 6.92 Å². The molecule has 2 atom stereocenters. The van der Waals surface area contributed by atoms with E-state index in [1.807, 2.05) is 13.0 Å². The van der Waals surface area contributed by atoms with E-state index in [0.717, 1.165) is 12.0 Å². The lowest BCUT2D eigenvalue weighted by Gasteiger charge is -2.17. The summed E-state index contributed by atoms with van der Waals surface area (Å²) >= 11 is 0. The minimum absolute atomic E-state index is 0.407. The van der Waals surface area contributed by atoms with Crippen LogP contribution in [0.5, 0.6) is 5.75 Å². The second-order valence-electron chi connectivity index (χ2n) is 5.27. The number of rotatable bonds is 5. The van der Waals surface area contributed by atoms with Crippen molar-refractivity contribution in [1.82, 2.24) is 0 Å². The fourth-order valence-corrected chi connectivity index (χ4v) is 2.22. The second-order valence-corrected chi connectivity index (χ2v) is 5.27. The third kappa shape index (κ3) is 3.98. The molecule has 0 unspecified atom stereocenters. The van der Waals surface area contributed by atoms with Crippen LogP contribution in [0.3, 0.4) is 0 Å². The Morgan fingerprint density at radius 2 is 2.18 bits per heavy atom. The molecule has 0 bridgehead atoms. The van der Waals surface area contributed by atoms with Crippen LogP contribution in [0.15, 0.2) is 18.2 Å². The van der Waals surface area contributed by atoms with Crippen LogP contribution >= 0.6 is 0 Å². The van der Waals surface area contributed by atoms with Crippen LogP contribution in [0.25, 0.3) is 0 Å². The molecule has 0 radical (unpaired) electrons. The summed E-state index contributed by atoms with van der Waals surface area (Å²) in [7, 11) is 1.53. The Bertz CT molecular complexity index is 551. The first-order chi connectivity index (χ1) is 10.5. The van der Waals surface area contributed by atoms with Crippen molar-refractivity contribution in [3.63, 3.8) is 0 Å². The lowest BCUT2D eigenvalue weighted by Crippen LogP contribution is -2.34. The SMILES string of the molecule is COc1ccc(C)cc1NC(=O)[C@H](C)OC(=O)[C@H]1CCCO1. The molecular formula is C16H21NO5. The van der Waals surface area contributed by atoms with Crippen LogP contribution < -0.4 is 10.1 Å². The van der Waals surface area contributed by atoms with Gasteiger partial charge in [0, 0.05) is 6.61 Å². The number of methoxy groups -OCH3 is 1. The first kappa shape index (κ1) is 16.3. The summed E-state index contributed by atoms with van der Waals surface area (Å²) in [5.74, 6) is -0.344. The minimum atomic E-state index is -0.901. The number of hydrogen-bond acceptors (Lipinski definition) is 5. The van der Waals surface area contributed by atoms with Gasteiger partial charge in [0.15, 0.2) is 12.2 Å². The van der Waals surface area contributed by atoms with E-state index in [4.69, 9.17) is 14.2 Å². The van der Waals surface area contributed by atoms with Gasteiger partial charge in [0.2, 0.25) is 0 Å². The molecule has 1 amide bonds. The number of hydrogen-bond donors (Lipinski definition) is 1. The van der Waals surface area contributed by atoms with Gasteiger partial charge in [0.05, 0.1) is 12.8 Å². The molecule has 6 heteroatoms. The molecule has 1 aromatic rings. The van der Waals surface area contributed by atoms with Gasteiger partial charge in [-0.15, -0.1) is 0 Å². The Hall–Kier alpha value is -2.08.